The van der Waals surface area contributed by atoms with Gasteiger partial charge in [0.2, 0.25) is 0 Å². The van der Waals surface area contributed by atoms with Crippen molar-refractivity contribution in [1.29, 1.82) is 0 Å². The van der Waals surface area contributed by atoms with Crippen molar-refractivity contribution in [3.63, 3.8) is 0 Å². The van der Waals surface area contributed by atoms with E-state index in [9.17, 15) is 4.39 Å². The first kappa shape index (κ1) is 22.7. The highest BCUT2D eigenvalue weighted by Gasteiger charge is 2.20. The Kier molecular flexibility index (Phi) is 5.08. The molecule has 0 saturated heterocycles. The summed E-state index contributed by atoms with van der Waals surface area (Å²) >= 11 is 0. The molecule has 0 atom stereocenters. The van der Waals surface area contributed by atoms with E-state index in [1.165, 1.54) is 67.1 Å². The lowest BCUT2D eigenvalue weighted by atomic mass is 9.91. The normalized spacial score (nSPS) is 11.6. The molecule has 0 aliphatic carbocycles. The summed E-state index contributed by atoms with van der Waals surface area (Å²) in [5.74, 6) is -0.232. The lowest BCUT2D eigenvalue weighted by Gasteiger charge is -2.12. The van der Waals surface area contributed by atoms with E-state index in [-0.39, 0.29) is 5.82 Å². The fourth-order valence-electron chi connectivity index (χ4n) is 6.22. The second kappa shape index (κ2) is 8.93. The van der Waals surface area contributed by atoms with Crippen LogP contribution in [0.3, 0.4) is 0 Å². The highest BCUT2D eigenvalue weighted by atomic mass is 19.1. The monoisotopic (exact) mass is 513 g/mol. The van der Waals surface area contributed by atoms with Crippen LogP contribution in [0.4, 0.5) is 4.39 Å². The summed E-state index contributed by atoms with van der Waals surface area (Å²) < 4.78 is 16.2. The van der Waals surface area contributed by atoms with Crippen molar-refractivity contribution in [2.75, 3.05) is 0 Å². The van der Waals surface area contributed by atoms with E-state index in [0.29, 0.717) is 0 Å². The number of rotatable bonds is 4. The molecule has 1 heterocycles. The van der Waals surface area contributed by atoms with Gasteiger partial charge in [-0.2, -0.15) is 0 Å². The van der Waals surface area contributed by atoms with Crippen molar-refractivity contribution in [2.24, 2.45) is 0 Å². The molecule has 0 N–H and O–H groups in total. The summed E-state index contributed by atoms with van der Waals surface area (Å²) in [6.07, 6.45) is 0. The van der Waals surface area contributed by atoms with Gasteiger partial charge >= 0.3 is 0 Å². The molecule has 0 unspecified atom stereocenters. The molecule has 1 aromatic heterocycles. The van der Waals surface area contributed by atoms with Crippen LogP contribution in [-0.4, -0.2) is 4.57 Å². The highest BCUT2D eigenvalue weighted by Crippen LogP contribution is 2.45. The van der Waals surface area contributed by atoms with Crippen LogP contribution in [0.1, 0.15) is 0 Å². The number of benzene rings is 7. The van der Waals surface area contributed by atoms with E-state index in [0.717, 1.165) is 16.7 Å². The summed E-state index contributed by atoms with van der Waals surface area (Å²) in [5.41, 5.74) is 10.4. The first-order valence-corrected chi connectivity index (χ1v) is 13.6. The molecule has 0 aliphatic rings. The minimum Gasteiger partial charge on any atom is -0.309 e. The molecule has 0 saturated carbocycles. The maximum Gasteiger partial charge on any atom is 0.123 e. The van der Waals surface area contributed by atoms with E-state index in [2.05, 4.69) is 120 Å². The van der Waals surface area contributed by atoms with Gasteiger partial charge in [0.15, 0.2) is 0 Å². The topological polar surface area (TPSA) is 4.93 Å². The van der Waals surface area contributed by atoms with E-state index < -0.39 is 0 Å². The van der Waals surface area contributed by atoms with Gasteiger partial charge in [0, 0.05) is 16.5 Å². The molecule has 8 aromatic rings. The fraction of sp³-hybridized carbons (Fsp3) is 0. The molecule has 1 nitrogen and oxygen atoms in total. The van der Waals surface area contributed by atoms with Gasteiger partial charge in [-0.05, 0) is 80.6 Å². The number of hydrogen-bond donors (Lipinski definition) is 0. The van der Waals surface area contributed by atoms with Gasteiger partial charge in [0.1, 0.15) is 5.82 Å². The van der Waals surface area contributed by atoms with E-state index >= 15 is 0 Å². The van der Waals surface area contributed by atoms with E-state index in [1.807, 2.05) is 18.2 Å². The van der Waals surface area contributed by atoms with Gasteiger partial charge in [-0.15, -0.1) is 0 Å². The first-order valence-electron chi connectivity index (χ1n) is 13.6. The van der Waals surface area contributed by atoms with Crippen LogP contribution in [-0.2, 0) is 0 Å². The second-order valence-electron chi connectivity index (χ2n) is 10.3. The largest absolute Gasteiger partial charge is 0.309 e. The van der Waals surface area contributed by atoms with Crippen molar-refractivity contribution in [3.8, 4) is 39.1 Å². The maximum atomic E-state index is 13.9. The minimum absolute atomic E-state index is 0.232. The van der Waals surface area contributed by atoms with Crippen LogP contribution in [0.5, 0.6) is 0 Å². The Morgan fingerprint density at radius 2 is 0.825 bits per heavy atom. The summed E-state index contributed by atoms with van der Waals surface area (Å²) in [7, 11) is 0. The lowest BCUT2D eigenvalue weighted by Crippen LogP contribution is -1.94. The Labute approximate surface area is 231 Å². The van der Waals surface area contributed by atoms with Crippen molar-refractivity contribution in [2.45, 2.75) is 0 Å². The third-order valence-electron chi connectivity index (χ3n) is 8.07. The van der Waals surface area contributed by atoms with Crippen molar-refractivity contribution < 1.29 is 4.39 Å². The molecule has 0 aliphatic heterocycles. The Morgan fingerprint density at radius 1 is 0.375 bits per heavy atom. The Morgan fingerprint density at radius 3 is 1.38 bits per heavy atom. The van der Waals surface area contributed by atoms with Gasteiger partial charge in [-0.1, -0.05) is 109 Å². The molecule has 7 aromatic carbocycles. The van der Waals surface area contributed by atoms with Crippen LogP contribution >= 0.6 is 0 Å². The van der Waals surface area contributed by atoms with Crippen LogP contribution in [0.2, 0.25) is 0 Å². The number of aromatic nitrogens is 1. The van der Waals surface area contributed by atoms with E-state index in [1.54, 1.807) is 0 Å². The smallest absolute Gasteiger partial charge is 0.123 e. The van der Waals surface area contributed by atoms with Gasteiger partial charge < -0.3 is 4.57 Å². The summed E-state index contributed by atoms with van der Waals surface area (Å²) in [5, 5.41) is 4.91. The molecule has 0 spiro atoms. The van der Waals surface area contributed by atoms with Gasteiger partial charge in [0.05, 0.1) is 11.0 Å². The zero-order chi connectivity index (χ0) is 26.6. The molecule has 0 amide bonds. The fourth-order valence-corrected chi connectivity index (χ4v) is 6.22. The van der Waals surface area contributed by atoms with Crippen molar-refractivity contribution in [3.05, 3.63) is 151 Å². The van der Waals surface area contributed by atoms with Gasteiger partial charge in [-0.25, -0.2) is 4.39 Å². The summed E-state index contributed by atoms with van der Waals surface area (Å²) in [6.45, 7) is 0. The molecule has 8 rings (SSSR count). The zero-order valence-corrected chi connectivity index (χ0v) is 21.7. The molecule has 188 valence electrons. The first-order chi connectivity index (χ1) is 19.8. The van der Waals surface area contributed by atoms with Gasteiger partial charge in [-0.3, -0.25) is 0 Å². The molecule has 40 heavy (non-hydrogen) atoms. The SMILES string of the molecule is Fc1ccc(-n2c3ccc(-c4ccccc4)c4ccc5c(-c6ccc(-c7ccccc7)cc6)ccc2c5c43)cc1. The van der Waals surface area contributed by atoms with Crippen LogP contribution in [0.25, 0.3) is 71.6 Å². The molecule has 0 bridgehead atoms. The summed E-state index contributed by atoms with van der Waals surface area (Å²) in [4.78, 5) is 0. The Balaban J connectivity index is 1.40. The average molecular weight is 514 g/mol. The van der Waals surface area contributed by atoms with Crippen molar-refractivity contribution >= 4 is 32.6 Å². The summed E-state index contributed by atoms with van der Waals surface area (Å²) in [6, 6.07) is 50.1. The Bertz CT molecular complexity index is 2120. The predicted octanol–water partition coefficient (Wildman–Crippen LogP) is 10.5. The standard InChI is InChI=1S/C38H24FN/c39-29-15-17-30(18-16-29)40-35-23-21-31(27-9-5-2-6-10-27)33-19-20-34-32(22-24-36(40)38(34)37(33)35)28-13-11-26(12-14-28)25-7-3-1-4-8-25/h1-24H. The third-order valence-corrected chi connectivity index (χ3v) is 8.07. The molecule has 0 fully saturated rings. The quantitative estimate of drug-likeness (QED) is 0.206. The number of nitrogens with zero attached hydrogens (tertiary/aromatic N) is 1. The number of halogens is 1. The minimum atomic E-state index is -0.232. The number of hydrogen-bond acceptors (Lipinski definition) is 0. The van der Waals surface area contributed by atoms with Crippen LogP contribution in [0, 0.1) is 5.82 Å². The van der Waals surface area contributed by atoms with Crippen LogP contribution < -0.4 is 0 Å². The molecule has 0 radical (unpaired) electrons. The van der Waals surface area contributed by atoms with Gasteiger partial charge in [0.25, 0.3) is 0 Å². The average Bonchev–Trinajstić information content (AvgIpc) is 3.36. The Hall–Kier alpha value is -5.21. The third kappa shape index (κ3) is 3.47. The van der Waals surface area contributed by atoms with Crippen molar-refractivity contribution in [1.82, 2.24) is 4.57 Å². The van der Waals surface area contributed by atoms with Crippen LogP contribution in [0.15, 0.2) is 146 Å². The zero-order valence-electron chi connectivity index (χ0n) is 21.7. The molecular formula is C38H24FN. The molecular weight excluding hydrogens is 489 g/mol. The maximum absolute atomic E-state index is 13.9. The predicted molar refractivity (Wildman–Crippen MR) is 166 cm³/mol. The highest BCUT2D eigenvalue weighted by molar-refractivity contribution is 6.28. The second-order valence-corrected chi connectivity index (χ2v) is 10.3. The lowest BCUT2D eigenvalue weighted by molar-refractivity contribution is 0.627. The van der Waals surface area contributed by atoms with E-state index in [4.69, 9.17) is 0 Å². The molecule has 2 heteroatoms.